The molecular weight excluding hydrogens is 490 g/mol. The Balaban J connectivity index is 1.62. The second-order valence-corrected chi connectivity index (χ2v) is 13.4. The van der Waals surface area contributed by atoms with Crippen molar-refractivity contribution in [3.05, 3.63) is 114 Å². The minimum absolute atomic E-state index is 0.0880. The van der Waals surface area contributed by atoms with Gasteiger partial charge in [0.05, 0.1) is 12.0 Å². The number of hydrogen-bond acceptors (Lipinski definition) is 5. The highest BCUT2D eigenvalue weighted by molar-refractivity contribution is 7.07. The van der Waals surface area contributed by atoms with E-state index in [1.165, 1.54) is 0 Å². The number of oxazole rings is 1. The first-order valence-electron chi connectivity index (χ1n) is 13.1. The van der Waals surface area contributed by atoms with E-state index in [-0.39, 0.29) is 18.0 Å². The Morgan fingerprint density at radius 3 is 1.82 bits per heavy atom. The number of aryl methyl sites for hydroxylation is 1. The first-order valence-corrected chi connectivity index (χ1v) is 15.0. The molecule has 1 aromatic heterocycles. The lowest BCUT2D eigenvalue weighted by Crippen LogP contribution is -2.72. The van der Waals surface area contributed by atoms with Crippen LogP contribution in [0.15, 0.2) is 107 Å². The van der Waals surface area contributed by atoms with Crippen molar-refractivity contribution in [3.8, 4) is 0 Å². The number of ether oxygens (including phenoxy) is 1. The van der Waals surface area contributed by atoms with Crippen LogP contribution in [0.3, 0.4) is 0 Å². The van der Waals surface area contributed by atoms with E-state index in [1.54, 1.807) is 6.26 Å². The first kappa shape index (κ1) is 25.9. The third-order valence-electron chi connectivity index (χ3n) is 7.42. The van der Waals surface area contributed by atoms with Crippen LogP contribution in [-0.4, -0.2) is 31.5 Å². The van der Waals surface area contributed by atoms with Crippen LogP contribution < -0.4 is 15.6 Å². The van der Waals surface area contributed by atoms with Crippen molar-refractivity contribution in [2.75, 3.05) is 0 Å². The molecule has 5 rings (SSSR count). The summed E-state index contributed by atoms with van der Waals surface area (Å²) < 4.78 is 18.8. The number of nitrogens with zero attached hydrogens (tertiary/aromatic N) is 1. The second kappa shape index (κ2) is 10.9. The molecule has 5 nitrogen and oxygen atoms in total. The van der Waals surface area contributed by atoms with Gasteiger partial charge in [0.2, 0.25) is 0 Å². The zero-order valence-electron chi connectivity index (χ0n) is 22.2. The number of benzene rings is 3. The zero-order chi connectivity index (χ0) is 26.7. The maximum absolute atomic E-state index is 13.3. The standard InChI is InChI=1S/C32H33NO4Si/c1-22(20-26-21-35-25(4)33-26)30-23(2)31(24(3)32(34)36-30)37-38(27-14-8-5-9-15-27,28-16-10-6-11-17-28)29-18-12-7-13-19-29/h5-21,23-24,30-31H,1-4H3/b22-20+/t23-,24+,30-,31+/m0/s1. The van der Waals surface area contributed by atoms with E-state index in [0.29, 0.717) is 11.6 Å². The lowest BCUT2D eigenvalue weighted by Gasteiger charge is -2.45. The monoisotopic (exact) mass is 523 g/mol. The fourth-order valence-corrected chi connectivity index (χ4v) is 9.73. The number of carbonyl (C=O) groups excluding carboxylic acids is 1. The summed E-state index contributed by atoms with van der Waals surface area (Å²) in [5.74, 6) is -0.169. The maximum Gasteiger partial charge on any atom is 0.311 e. The van der Waals surface area contributed by atoms with Gasteiger partial charge in [0.15, 0.2) is 5.89 Å². The van der Waals surface area contributed by atoms with E-state index in [9.17, 15) is 4.79 Å². The predicted molar refractivity (Wildman–Crippen MR) is 152 cm³/mol. The van der Waals surface area contributed by atoms with Crippen molar-refractivity contribution >= 4 is 35.9 Å². The molecule has 0 radical (unpaired) electrons. The largest absolute Gasteiger partial charge is 0.457 e. The molecule has 38 heavy (non-hydrogen) atoms. The van der Waals surface area contributed by atoms with Crippen molar-refractivity contribution in [2.45, 2.75) is 39.9 Å². The number of esters is 1. The minimum atomic E-state index is -3.01. The van der Waals surface area contributed by atoms with Crippen LogP contribution in [0.2, 0.25) is 0 Å². The van der Waals surface area contributed by atoms with E-state index >= 15 is 0 Å². The van der Waals surface area contributed by atoms with Gasteiger partial charge in [-0.15, -0.1) is 0 Å². The first-order chi connectivity index (χ1) is 18.4. The van der Waals surface area contributed by atoms with E-state index < -0.39 is 20.3 Å². The second-order valence-electron chi connectivity index (χ2n) is 10.0. The smallest absolute Gasteiger partial charge is 0.311 e. The molecule has 6 heteroatoms. The number of hydrogen-bond donors (Lipinski definition) is 0. The average Bonchev–Trinajstić information content (AvgIpc) is 3.36. The van der Waals surface area contributed by atoms with Gasteiger partial charge in [-0.25, -0.2) is 4.98 Å². The lowest BCUT2D eigenvalue weighted by atomic mass is 9.83. The summed E-state index contributed by atoms with van der Waals surface area (Å²) in [6, 6.07) is 31.3. The van der Waals surface area contributed by atoms with Crippen LogP contribution in [0, 0.1) is 18.8 Å². The van der Waals surface area contributed by atoms with Crippen LogP contribution in [0.1, 0.15) is 32.4 Å². The molecule has 1 fully saturated rings. The number of carbonyl (C=O) groups is 1. The SMILES string of the molecule is C/C(=C\c1coc(C)n1)[C@@H]1OC(=O)[C@H](C)[C@H](O[Si](c2ccccc2)(c2ccccc2)c2ccccc2)[C@H]1C. The van der Waals surface area contributed by atoms with Crippen molar-refractivity contribution in [1.82, 2.24) is 4.98 Å². The highest BCUT2D eigenvalue weighted by Crippen LogP contribution is 2.35. The molecule has 0 N–H and O–H groups in total. The van der Waals surface area contributed by atoms with Crippen LogP contribution in [-0.2, 0) is 14.0 Å². The summed E-state index contributed by atoms with van der Waals surface area (Å²) in [4.78, 5) is 17.7. The van der Waals surface area contributed by atoms with Crippen LogP contribution >= 0.6 is 0 Å². The third kappa shape index (κ3) is 4.89. The van der Waals surface area contributed by atoms with Crippen LogP contribution in [0.4, 0.5) is 0 Å². The van der Waals surface area contributed by atoms with Gasteiger partial charge in [0.25, 0.3) is 8.32 Å². The molecule has 1 aliphatic rings. The van der Waals surface area contributed by atoms with Gasteiger partial charge in [-0.3, -0.25) is 4.79 Å². The molecule has 1 saturated heterocycles. The molecule has 194 valence electrons. The van der Waals surface area contributed by atoms with Crippen molar-refractivity contribution in [2.24, 2.45) is 11.8 Å². The van der Waals surface area contributed by atoms with E-state index in [4.69, 9.17) is 13.6 Å². The lowest BCUT2D eigenvalue weighted by molar-refractivity contribution is -0.171. The molecule has 0 unspecified atom stereocenters. The Labute approximate surface area is 225 Å². The Bertz CT molecular complexity index is 1300. The van der Waals surface area contributed by atoms with Gasteiger partial charge in [-0.05, 0) is 41.1 Å². The molecule has 2 heterocycles. The van der Waals surface area contributed by atoms with Crippen molar-refractivity contribution < 1.29 is 18.4 Å². The molecular formula is C32H33NO4Si. The minimum Gasteiger partial charge on any atom is -0.457 e. The quantitative estimate of drug-likeness (QED) is 0.201. The molecule has 0 bridgehead atoms. The Morgan fingerprint density at radius 2 is 1.37 bits per heavy atom. The summed E-state index contributed by atoms with van der Waals surface area (Å²) in [7, 11) is -3.01. The maximum atomic E-state index is 13.3. The molecule has 0 aliphatic carbocycles. The predicted octanol–water partition coefficient (Wildman–Crippen LogP) is 4.64. The van der Waals surface area contributed by atoms with Crippen molar-refractivity contribution in [1.29, 1.82) is 0 Å². The normalized spacial score (nSPS) is 22.2. The van der Waals surface area contributed by atoms with Gasteiger partial charge in [0, 0.05) is 12.8 Å². The van der Waals surface area contributed by atoms with Gasteiger partial charge < -0.3 is 13.6 Å². The zero-order valence-corrected chi connectivity index (χ0v) is 23.2. The Morgan fingerprint density at radius 1 is 0.868 bits per heavy atom. The molecule has 0 spiro atoms. The molecule has 3 aromatic carbocycles. The van der Waals surface area contributed by atoms with E-state index in [2.05, 4.69) is 84.7 Å². The number of cyclic esters (lactones) is 1. The molecule has 4 atom stereocenters. The molecule has 1 aliphatic heterocycles. The summed E-state index contributed by atoms with van der Waals surface area (Å²) in [5.41, 5.74) is 1.62. The summed E-state index contributed by atoms with van der Waals surface area (Å²) >= 11 is 0. The average molecular weight is 524 g/mol. The van der Waals surface area contributed by atoms with Gasteiger partial charge in [0.1, 0.15) is 18.1 Å². The highest BCUT2D eigenvalue weighted by atomic mass is 28.4. The van der Waals surface area contributed by atoms with E-state index in [1.807, 2.05) is 45.0 Å². The summed E-state index contributed by atoms with van der Waals surface area (Å²) in [6.45, 7) is 7.81. The summed E-state index contributed by atoms with van der Waals surface area (Å²) in [5, 5.41) is 3.41. The molecule has 0 amide bonds. The van der Waals surface area contributed by atoms with Gasteiger partial charge >= 0.3 is 5.97 Å². The van der Waals surface area contributed by atoms with E-state index in [0.717, 1.165) is 21.1 Å². The van der Waals surface area contributed by atoms with Gasteiger partial charge in [-0.2, -0.15) is 0 Å². The molecule has 0 saturated carbocycles. The molecule has 4 aromatic rings. The number of aromatic nitrogens is 1. The van der Waals surface area contributed by atoms with Crippen molar-refractivity contribution in [3.63, 3.8) is 0 Å². The topological polar surface area (TPSA) is 61.6 Å². The number of rotatable bonds is 7. The Kier molecular flexibility index (Phi) is 7.45. The third-order valence-corrected chi connectivity index (χ3v) is 11.5. The Hall–Kier alpha value is -3.74. The highest BCUT2D eigenvalue weighted by Gasteiger charge is 2.50. The summed E-state index contributed by atoms with van der Waals surface area (Å²) in [6.07, 6.45) is 2.74. The van der Waals surface area contributed by atoms with Crippen LogP contribution in [0.25, 0.3) is 6.08 Å². The van der Waals surface area contributed by atoms with Crippen LogP contribution in [0.5, 0.6) is 0 Å². The fourth-order valence-electron chi connectivity index (χ4n) is 5.51. The fraction of sp³-hybridized carbons (Fsp3) is 0.250. The van der Waals surface area contributed by atoms with Gasteiger partial charge in [-0.1, -0.05) is 97.9 Å².